The highest BCUT2D eigenvalue weighted by Gasteiger charge is 2.20. The molecule has 3 nitrogen and oxygen atoms in total. The lowest BCUT2D eigenvalue weighted by molar-refractivity contribution is 0.306. The van der Waals surface area contributed by atoms with E-state index in [1.807, 2.05) is 36.4 Å². The number of hydrogen-bond donors (Lipinski definition) is 0. The van der Waals surface area contributed by atoms with E-state index in [-0.39, 0.29) is 0 Å². The van der Waals surface area contributed by atoms with Crippen molar-refractivity contribution < 1.29 is 22.0 Å². The molecule has 8 heteroatoms. The van der Waals surface area contributed by atoms with Gasteiger partial charge in [0.25, 0.3) is 0 Å². The van der Waals surface area contributed by atoms with E-state index >= 15 is 0 Å². The number of nitrogens with zero attached hydrogens (tertiary/aromatic N) is 2. The maximum absolute atomic E-state index is 9.75. The normalized spacial score (nSPS) is 10.0. The average Bonchev–Trinajstić information content (AvgIpc) is 2.45. The Morgan fingerprint density at radius 1 is 0.952 bits per heavy atom. The van der Waals surface area contributed by atoms with Gasteiger partial charge < -0.3 is 22.0 Å². The molecule has 2 aromatic carbocycles. The Morgan fingerprint density at radius 3 is 2.14 bits per heavy atom. The number of diazo groups is 1. The lowest BCUT2D eigenvalue weighted by Crippen LogP contribution is -2.02. The van der Waals surface area contributed by atoms with Gasteiger partial charge in [-0.1, -0.05) is 36.4 Å². The van der Waals surface area contributed by atoms with Gasteiger partial charge in [0.05, 0.1) is 6.07 Å². The molecule has 0 aliphatic rings. The third-order valence-corrected chi connectivity index (χ3v) is 2.18. The van der Waals surface area contributed by atoms with E-state index < -0.39 is 7.25 Å². The first-order valence-electron chi connectivity index (χ1n) is 5.87. The third kappa shape index (κ3) is 8.26. The Kier molecular flexibility index (Phi) is 6.20. The predicted molar refractivity (Wildman–Crippen MR) is 72.1 cm³/mol. The van der Waals surface area contributed by atoms with Gasteiger partial charge in [-0.25, -0.2) is 0 Å². The van der Waals surface area contributed by atoms with Crippen LogP contribution in [0.3, 0.4) is 0 Å². The Hall–Kier alpha value is -2.56. The second-order valence-electron chi connectivity index (χ2n) is 3.87. The summed E-state index contributed by atoms with van der Waals surface area (Å²) >= 11 is 0. The summed E-state index contributed by atoms with van der Waals surface area (Å²) < 4.78 is 44.6. The van der Waals surface area contributed by atoms with Crippen molar-refractivity contribution in [3.05, 3.63) is 65.1 Å². The fourth-order valence-electron chi connectivity index (χ4n) is 1.38. The molecule has 0 heterocycles. The quantitative estimate of drug-likeness (QED) is 0.451. The Bertz CT molecular complexity index is 593. The van der Waals surface area contributed by atoms with Crippen LogP contribution < -0.4 is 4.74 Å². The van der Waals surface area contributed by atoms with Gasteiger partial charge >= 0.3 is 12.9 Å². The highest BCUT2D eigenvalue weighted by atomic mass is 19.5. The van der Waals surface area contributed by atoms with Gasteiger partial charge in [-0.3, -0.25) is 0 Å². The Balaban J connectivity index is 0.000000383. The molecule has 0 saturated heterocycles. The van der Waals surface area contributed by atoms with E-state index in [1.165, 1.54) is 0 Å². The molecule has 0 N–H and O–H groups in total. The average molecular weight is 298 g/mol. The van der Waals surface area contributed by atoms with E-state index in [1.54, 1.807) is 18.2 Å². The van der Waals surface area contributed by atoms with Crippen molar-refractivity contribution >= 4 is 12.9 Å². The number of benzene rings is 2. The first-order valence-corrected chi connectivity index (χ1v) is 5.87. The van der Waals surface area contributed by atoms with Crippen molar-refractivity contribution in [2.75, 3.05) is 0 Å². The lowest BCUT2D eigenvalue weighted by atomic mass is 10.2. The van der Waals surface area contributed by atoms with Crippen LogP contribution in [0.2, 0.25) is 0 Å². The fourth-order valence-corrected chi connectivity index (χ4v) is 1.38. The predicted octanol–water partition coefficient (Wildman–Crippen LogP) is 5.05. The Labute approximate surface area is 118 Å². The molecule has 2 rings (SSSR count). The smallest absolute Gasteiger partial charge is 0.489 e. The third-order valence-electron chi connectivity index (χ3n) is 2.18. The summed E-state index contributed by atoms with van der Waals surface area (Å²) in [6, 6.07) is 16.9. The highest BCUT2D eigenvalue weighted by Crippen LogP contribution is 2.20. The second kappa shape index (κ2) is 7.90. The van der Waals surface area contributed by atoms with Crippen LogP contribution in [-0.4, -0.2) is 7.25 Å². The highest BCUT2D eigenvalue weighted by molar-refractivity contribution is 6.50. The molecule has 0 saturated carbocycles. The summed E-state index contributed by atoms with van der Waals surface area (Å²) in [6.45, 7) is 0.510. The fraction of sp³-hybridized carbons (Fsp3) is 0.0769. The number of rotatable bonds is 3. The molecule has 0 unspecified atom stereocenters. The summed E-state index contributed by atoms with van der Waals surface area (Å²) in [4.78, 5) is 3.11. The molecule has 2 aromatic rings. The van der Waals surface area contributed by atoms with Crippen molar-refractivity contribution in [1.29, 1.82) is 5.39 Å². The van der Waals surface area contributed by atoms with Gasteiger partial charge in [-0.2, -0.15) is 0 Å². The molecule has 0 aliphatic heterocycles. The van der Waals surface area contributed by atoms with Gasteiger partial charge in [0.2, 0.25) is 5.39 Å². The molecular weight excluding hydrogens is 287 g/mol. The number of halogens is 4. The van der Waals surface area contributed by atoms with Gasteiger partial charge in [0.15, 0.2) is 4.98 Å². The molecule has 0 fully saturated rings. The topological polar surface area (TPSA) is 37.4 Å². The molecule has 0 amide bonds. The summed E-state index contributed by atoms with van der Waals surface area (Å²) in [7, 11) is -6.00. The van der Waals surface area contributed by atoms with E-state index in [0.717, 1.165) is 5.56 Å². The van der Waals surface area contributed by atoms with Crippen molar-refractivity contribution in [2.24, 2.45) is 0 Å². The zero-order valence-corrected chi connectivity index (χ0v) is 10.8. The molecule has 0 aliphatic carbocycles. The van der Waals surface area contributed by atoms with Crippen molar-refractivity contribution in [1.82, 2.24) is 0 Å². The first-order chi connectivity index (χ1) is 9.88. The van der Waals surface area contributed by atoms with E-state index in [0.29, 0.717) is 18.0 Å². The van der Waals surface area contributed by atoms with Crippen LogP contribution in [0, 0.1) is 5.39 Å². The van der Waals surface area contributed by atoms with Crippen LogP contribution in [-0.2, 0) is 6.61 Å². The molecular formula is C13H11BF4N2O. The van der Waals surface area contributed by atoms with Crippen LogP contribution in [0.1, 0.15) is 5.56 Å². The number of hydrogen-bond acceptors (Lipinski definition) is 2. The molecule has 0 aromatic heterocycles. The zero-order valence-electron chi connectivity index (χ0n) is 10.8. The van der Waals surface area contributed by atoms with Crippen LogP contribution in [0.25, 0.3) is 4.98 Å². The molecule has 0 radical (unpaired) electrons. The second-order valence-corrected chi connectivity index (χ2v) is 3.87. The van der Waals surface area contributed by atoms with Gasteiger partial charge in [-0.05, 0) is 11.6 Å². The van der Waals surface area contributed by atoms with Crippen molar-refractivity contribution in [2.45, 2.75) is 6.61 Å². The molecule has 0 spiro atoms. The summed E-state index contributed by atoms with van der Waals surface area (Å²) in [5.41, 5.74) is 1.60. The van der Waals surface area contributed by atoms with E-state index in [2.05, 4.69) is 4.98 Å². The maximum atomic E-state index is 9.75. The summed E-state index contributed by atoms with van der Waals surface area (Å²) in [5, 5.41) is 8.62. The lowest BCUT2D eigenvalue weighted by Gasteiger charge is -2.04. The standard InChI is InChI=1S/C13H11N2O.BF4/c14-15-12-7-4-8-13(9-12)16-10-11-5-2-1-3-6-11;2-1(3,4)5/h1-9H,10H2;/q+1;-1. The zero-order chi connectivity index (χ0) is 15.7. The van der Waals surface area contributed by atoms with Crippen molar-refractivity contribution in [3.63, 3.8) is 0 Å². The van der Waals surface area contributed by atoms with Gasteiger partial charge in [0.1, 0.15) is 12.4 Å². The van der Waals surface area contributed by atoms with Crippen LogP contribution in [0.4, 0.5) is 23.0 Å². The van der Waals surface area contributed by atoms with E-state index in [4.69, 9.17) is 10.1 Å². The minimum absolute atomic E-state index is 0.491. The van der Waals surface area contributed by atoms with Crippen LogP contribution >= 0.6 is 0 Å². The van der Waals surface area contributed by atoms with Gasteiger partial charge in [0, 0.05) is 6.07 Å². The molecule has 21 heavy (non-hydrogen) atoms. The van der Waals surface area contributed by atoms with E-state index in [9.17, 15) is 17.3 Å². The number of ether oxygens (including phenoxy) is 1. The minimum atomic E-state index is -6.00. The largest absolute Gasteiger partial charge is 0.673 e. The van der Waals surface area contributed by atoms with Gasteiger partial charge in [-0.15, -0.1) is 0 Å². The first kappa shape index (κ1) is 16.5. The van der Waals surface area contributed by atoms with Crippen LogP contribution in [0.15, 0.2) is 54.6 Å². The Morgan fingerprint density at radius 2 is 1.57 bits per heavy atom. The summed E-state index contributed by atoms with van der Waals surface area (Å²) in [6.07, 6.45) is 0. The minimum Gasteiger partial charge on any atom is -0.489 e. The van der Waals surface area contributed by atoms with Crippen LogP contribution in [0.5, 0.6) is 5.75 Å². The monoisotopic (exact) mass is 298 g/mol. The molecule has 0 bridgehead atoms. The maximum Gasteiger partial charge on any atom is 0.673 e. The molecule has 0 atom stereocenters. The SMILES string of the molecule is F[B-](F)(F)F.N#[N+]c1cccc(OCc2ccccc2)c1. The summed E-state index contributed by atoms with van der Waals surface area (Å²) in [5.74, 6) is 0.694. The van der Waals surface area contributed by atoms with Crippen molar-refractivity contribution in [3.8, 4) is 5.75 Å². The molecule has 110 valence electrons.